The summed E-state index contributed by atoms with van der Waals surface area (Å²) in [5.41, 5.74) is 9.30. The lowest BCUT2D eigenvalue weighted by Crippen LogP contribution is -2.52. The minimum atomic E-state index is -0.228. The molecule has 5 nitrogen and oxygen atoms in total. The van der Waals surface area contributed by atoms with Crippen LogP contribution < -0.4 is 22.1 Å². The van der Waals surface area contributed by atoms with E-state index in [-0.39, 0.29) is 12.1 Å². The molecule has 0 saturated heterocycles. The molecule has 1 unspecified atom stereocenters. The Hall–Kier alpha value is -1.43. The molecule has 0 fully saturated rings. The van der Waals surface area contributed by atoms with Gasteiger partial charge >= 0.3 is 0 Å². The van der Waals surface area contributed by atoms with Crippen LogP contribution in [0.2, 0.25) is 0 Å². The highest BCUT2D eigenvalue weighted by Crippen LogP contribution is 2.17. The van der Waals surface area contributed by atoms with Gasteiger partial charge in [0.05, 0.1) is 0 Å². The van der Waals surface area contributed by atoms with E-state index in [1.54, 1.807) is 6.07 Å². The van der Waals surface area contributed by atoms with E-state index in [9.17, 15) is 4.79 Å². The molecule has 0 aromatic heterocycles. The predicted octanol–water partition coefficient (Wildman–Crippen LogP) is -0.603. The van der Waals surface area contributed by atoms with Crippen molar-refractivity contribution in [1.29, 1.82) is 0 Å². The Morgan fingerprint density at radius 2 is 2.15 bits per heavy atom. The quantitative estimate of drug-likeness (QED) is 0.342. The largest absolute Gasteiger partial charge is 0.286 e. The van der Waals surface area contributed by atoms with E-state index in [2.05, 4.69) is 16.3 Å². The van der Waals surface area contributed by atoms with Crippen LogP contribution in [-0.2, 0) is 0 Å². The third-order valence-electron chi connectivity index (χ3n) is 2.01. The van der Waals surface area contributed by atoms with E-state index < -0.39 is 0 Å². The highest BCUT2D eigenvalue weighted by Gasteiger charge is 2.22. The summed E-state index contributed by atoms with van der Waals surface area (Å²) in [6.45, 7) is 0. The molecule has 0 saturated carbocycles. The van der Waals surface area contributed by atoms with Gasteiger partial charge in [0, 0.05) is 5.56 Å². The molecule has 1 aliphatic rings. The number of nitrogens with two attached hydrogens (primary N) is 1. The van der Waals surface area contributed by atoms with Crippen LogP contribution in [0.1, 0.15) is 22.1 Å². The van der Waals surface area contributed by atoms with Gasteiger partial charge in [0.2, 0.25) is 0 Å². The van der Waals surface area contributed by atoms with Crippen molar-refractivity contribution in [2.75, 3.05) is 0 Å². The summed E-state index contributed by atoms with van der Waals surface area (Å²) in [5.74, 6) is 5.16. The number of hydrazine groups is 2. The molecule has 13 heavy (non-hydrogen) atoms. The van der Waals surface area contributed by atoms with Crippen LogP contribution in [0.5, 0.6) is 0 Å². The van der Waals surface area contributed by atoms with Crippen molar-refractivity contribution in [3.05, 3.63) is 35.4 Å². The van der Waals surface area contributed by atoms with Gasteiger partial charge in [-0.3, -0.25) is 16.1 Å². The number of amides is 1. The Morgan fingerprint density at radius 3 is 2.92 bits per heavy atom. The fourth-order valence-electron chi connectivity index (χ4n) is 1.37. The van der Waals surface area contributed by atoms with E-state index >= 15 is 0 Å². The molecule has 1 aromatic carbocycles. The van der Waals surface area contributed by atoms with Crippen molar-refractivity contribution in [1.82, 2.24) is 16.3 Å². The maximum Gasteiger partial charge on any atom is 0.265 e. The number of carbonyl (C=O) groups is 1. The molecule has 1 amide bonds. The summed E-state index contributed by atoms with van der Waals surface area (Å²) in [6.07, 6.45) is -0.228. The van der Waals surface area contributed by atoms with Gasteiger partial charge in [-0.05, 0) is 11.6 Å². The van der Waals surface area contributed by atoms with Crippen LogP contribution in [0.25, 0.3) is 0 Å². The zero-order valence-corrected chi connectivity index (χ0v) is 6.87. The van der Waals surface area contributed by atoms with Gasteiger partial charge in [0.15, 0.2) is 0 Å². The number of hydrogen-bond acceptors (Lipinski definition) is 4. The second kappa shape index (κ2) is 3.14. The molecule has 0 spiro atoms. The Kier molecular flexibility index (Phi) is 1.97. The highest BCUT2D eigenvalue weighted by atomic mass is 16.2. The monoisotopic (exact) mass is 178 g/mol. The molecule has 2 rings (SSSR count). The number of carbonyl (C=O) groups excluding carboxylic acids is 1. The smallest absolute Gasteiger partial charge is 0.265 e. The standard InChI is InChI=1S/C8H10N4O/c9-10-7-5-3-1-2-4-6(5)8(13)12-11-7/h1-4,7,10-11H,9H2,(H,12,13). The molecule has 5 heteroatoms. The van der Waals surface area contributed by atoms with Crippen molar-refractivity contribution >= 4 is 5.91 Å². The molecule has 1 heterocycles. The molecule has 1 aliphatic heterocycles. The van der Waals surface area contributed by atoms with Gasteiger partial charge in [-0.25, -0.2) is 10.9 Å². The molecule has 1 aromatic rings. The molecular weight excluding hydrogens is 168 g/mol. The van der Waals surface area contributed by atoms with Crippen molar-refractivity contribution < 1.29 is 4.79 Å². The fraction of sp³-hybridized carbons (Fsp3) is 0.125. The summed E-state index contributed by atoms with van der Waals surface area (Å²) in [6, 6.07) is 7.29. The van der Waals surface area contributed by atoms with Crippen molar-refractivity contribution in [2.24, 2.45) is 5.84 Å². The Morgan fingerprint density at radius 1 is 1.38 bits per heavy atom. The summed E-state index contributed by atoms with van der Waals surface area (Å²) < 4.78 is 0. The van der Waals surface area contributed by atoms with Gasteiger partial charge < -0.3 is 0 Å². The van der Waals surface area contributed by atoms with Crippen LogP contribution >= 0.6 is 0 Å². The lowest BCUT2D eigenvalue weighted by molar-refractivity contribution is 0.0901. The third-order valence-corrected chi connectivity index (χ3v) is 2.01. The molecular formula is C8H10N4O. The first-order chi connectivity index (χ1) is 6.33. The SMILES string of the molecule is NNC1NNC(=O)c2ccccc21. The maximum absolute atomic E-state index is 11.3. The van der Waals surface area contributed by atoms with E-state index in [1.807, 2.05) is 18.2 Å². The number of rotatable bonds is 1. The number of fused-ring (bicyclic) bond motifs is 1. The summed E-state index contributed by atoms with van der Waals surface area (Å²) in [4.78, 5) is 11.3. The summed E-state index contributed by atoms with van der Waals surface area (Å²) >= 11 is 0. The number of hydrogen-bond donors (Lipinski definition) is 4. The Balaban J connectivity index is 2.47. The van der Waals surface area contributed by atoms with E-state index in [4.69, 9.17) is 5.84 Å². The van der Waals surface area contributed by atoms with Crippen molar-refractivity contribution in [3.8, 4) is 0 Å². The topological polar surface area (TPSA) is 79.2 Å². The summed E-state index contributed by atoms with van der Waals surface area (Å²) in [5, 5.41) is 0. The van der Waals surface area contributed by atoms with E-state index in [0.29, 0.717) is 5.56 Å². The lowest BCUT2D eigenvalue weighted by atomic mass is 10.0. The molecule has 68 valence electrons. The first-order valence-electron chi connectivity index (χ1n) is 3.94. The zero-order valence-electron chi connectivity index (χ0n) is 6.87. The fourth-order valence-corrected chi connectivity index (χ4v) is 1.37. The highest BCUT2D eigenvalue weighted by molar-refractivity contribution is 5.96. The predicted molar refractivity (Wildman–Crippen MR) is 47.1 cm³/mol. The van der Waals surface area contributed by atoms with Crippen LogP contribution in [-0.4, -0.2) is 5.91 Å². The van der Waals surface area contributed by atoms with Gasteiger partial charge in [-0.15, -0.1) is 0 Å². The van der Waals surface area contributed by atoms with Crippen LogP contribution in [0, 0.1) is 0 Å². The third kappa shape index (κ3) is 1.29. The van der Waals surface area contributed by atoms with Gasteiger partial charge in [0.1, 0.15) is 6.17 Å². The average molecular weight is 178 g/mol. The number of nitrogens with one attached hydrogen (secondary N) is 3. The summed E-state index contributed by atoms with van der Waals surface area (Å²) in [7, 11) is 0. The lowest BCUT2D eigenvalue weighted by Gasteiger charge is -2.25. The minimum absolute atomic E-state index is 0.137. The van der Waals surface area contributed by atoms with E-state index in [1.165, 1.54) is 0 Å². The number of benzene rings is 1. The first kappa shape index (κ1) is 8.18. The van der Waals surface area contributed by atoms with Gasteiger partial charge in [0.25, 0.3) is 5.91 Å². The zero-order chi connectivity index (χ0) is 9.26. The van der Waals surface area contributed by atoms with E-state index in [0.717, 1.165) is 5.56 Å². The van der Waals surface area contributed by atoms with Gasteiger partial charge in [-0.1, -0.05) is 18.2 Å². The maximum atomic E-state index is 11.3. The second-order valence-corrected chi connectivity index (χ2v) is 2.79. The van der Waals surface area contributed by atoms with Crippen LogP contribution in [0.4, 0.5) is 0 Å². The van der Waals surface area contributed by atoms with Crippen molar-refractivity contribution in [3.63, 3.8) is 0 Å². The Bertz CT molecular complexity index is 339. The minimum Gasteiger partial charge on any atom is -0.286 e. The normalized spacial score (nSPS) is 20.7. The second-order valence-electron chi connectivity index (χ2n) is 2.79. The Labute approximate surface area is 75.2 Å². The van der Waals surface area contributed by atoms with Crippen LogP contribution in [0.15, 0.2) is 24.3 Å². The molecule has 0 radical (unpaired) electrons. The molecule has 0 bridgehead atoms. The molecule has 1 atom stereocenters. The molecule has 0 aliphatic carbocycles. The van der Waals surface area contributed by atoms with Crippen LogP contribution in [0.3, 0.4) is 0 Å². The van der Waals surface area contributed by atoms with Gasteiger partial charge in [-0.2, -0.15) is 0 Å². The first-order valence-corrected chi connectivity index (χ1v) is 3.94. The van der Waals surface area contributed by atoms with Crippen molar-refractivity contribution in [2.45, 2.75) is 6.17 Å². The molecule has 5 N–H and O–H groups in total. The average Bonchev–Trinajstić information content (AvgIpc) is 2.19.